The highest BCUT2D eigenvalue weighted by Crippen LogP contribution is 2.30. The van der Waals surface area contributed by atoms with Crippen LogP contribution in [0.2, 0.25) is 0 Å². The zero-order chi connectivity index (χ0) is 17.6. The maximum Gasteiger partial charge on any atom is 0.338 e. The number of furan rings is 1. The number of aromatic nitrogens is 1. The standard InChI is InChI=1S/C17H17N3O4S/c1-2-23-16(21)14-11(10-25-13-7-3-4-8-18-13)19-17(22)20-15(14)12-6-5-9-24-12/h3-9,15H,2,10H2,1H3,(H2,19,20,22). The van der Waals surface area contributed by atoms with Crippen LogP contribution in [-0.4, -0.2) is 29.3 Å². The van der Waals surface area contributed by atoms with Gasteiger partial charge in [-0.3, -0.25) is 0 Å². The number of pyridine rings is 1. The Morgan fingerprint density at radius 3 is 2.92 bits per heavy atom. The zero-order valence-corrected chi connectivity index (χ0v) is 14.3. The summed E-state index contributed by atoms with van der Waals surface area (Å²) in [4.78, 5) is 28.8. The summed E-state index contributed by atoms with van der Waals surface area (Å²) in [7, 11) is 0. The van der Waals surface area contributed by atoms with Crippen LogP contribution in [0.1, 0.15) is 18.7 Å². The normalized spacial score (nSPS) is 17.0. The molecule has 3 rings (SSSR count). The van der Waals surface area contributed by atoms with Crippen molar-refractivity contribution in [1.29, 1.82) is 0 Å². The largest absolute Gasteiger partial charge is 0.467 e. The minimum atomic E-state index is -0.692. The van der Waals surface area contributed by atoms with Crippen LogP contribution < -0.4 is 10.6 Å². The number of ether oxygens (including phenoxy) is 1. The maximum atomic E-state index is 12.5. The van der Waals surface area contributed by atoms with Gasteiger partial charge in [0.25, 0.3) is 0 Å². The van der Waals surface area contributed by atoms with Crippen LogP contribution in [0.5, 0.6) is 0 Å². The Morgan fingerprint density at radius 2 is 2.24 bits per heavy atom. The van der Waals surface area contributed by atoms with E-state index in [2.05, 4.69) is 15.6 Å². The monoisotopic (exact) mass is 359 g/mol. The third-order valence-electron chi connectivity index (χ3n) is 3.48. The van der Waals surface area contributed by atoms with Gasteiger partial charge in [0.15, 0.2) is 0 Å². The quantitative estimate of drug-likeness (QED) is 0.608. The molecule has 0 aromatic carbocycles. The molecular formula is C17H17N3O4S. The number of hydrogen-bond donors (Lipinski definition) is 2. The molecule has 0 bridgehead atoms. The summed E-state index contributed by atoms with van der Waals surface area (Å²) >= 11 is 1.42. The molecule has 1 aliphatic heterocycles. The lowest BCUT2D eigenvalue weighted by Gasteiger charge is -2.27. The highest BCUT2D eigenvalue weighted by Gasteiger charge is 2.35. The van der Waals surface area contributed by atoms with E-state index in [4.69, 9.17) is 9.15 Å². The van der Waals surface area contributed by atoms with Crippen LogP contribution in [-0.2, 0) is 9.53 Å². The van der Waals surface area contributed by atoms with Crippen LogP contribution >= 0.6 is 11.8 Å². The predicted octanol–water partition coefficient (Wildman–Crippen LogP) is 2.64. The van der Waals surface area contributed by atoms with E-state index in [1.165, 1.54) is 18.0 Å². The van der Waals surface area contributed by atoms with Gasteiger partial charge in [0, 0.05) is 17.6 Å². The van der Waals surface area contributed by atoms with Crippen molar-refractivity contribution in [3.63, 3.8) is 0 Å². The van der Waals surface area contributed by atoms with Crippen LogP contribution in [0, 0.1) is 0 Å². The second-order valence-corrected chi connectivity index (χ2v) is 6.11. The fourth-order valence-corrected chi connectivity index (χ4v) is 3.26. The zero-order valence-electron chi connectivity index (χ0n) is 13.5. The SMILES string of the molecule is CCOC(=O)C1=C(CSc2ccccn2)NC(=O)NC1c1ccco1. The van der Waals surface area contributed by atoms with Gasteiger partial charge in [-0.25, -0.2) is 14.6 Å². The predicted molar refractivity (Wildman–Crippen MR) is 91.7 cm³/mol. The molecule has 0 fully saturated rings. The van der Waals surface area contributed by atoms with E-state index in [0.717, 1.165) is 5.03 Å². The van der Waals surface area contributed by atoms with Gasteiger partial charge < -0.3 is 19.8 Å². The van der Waals surface area contributed by atoms with Crippen molar-refractivity contribution in [2.75, 3.05) is 12.4 Å². The Kier molecular flexibility index (Phi) is 5.39. The number of thioether (sulfide) groups is 1. The molecule has 0 radical (unpaired) electrons. The summed E-state index contributed by atoms with van der Waals surface area (Å²) in [5.74, 6) is 0.349. The van der Waals surface area contributed by atoms with Gasteiger partial charge in [-0.1, -0.05) is 6.07 Å². The molecule has 1 aliphatic rings. The van der Waals surface area contributed by atoms with Crippen molar-refractivity contribution in [2.45, 2.75) is 18.0 Å². The molecule has 7 nitrogen and oxygen atoms in total. The highest BCUT2D eigenvalue weighted by molar-refractivity contribution is 7.99. The molecule has 2 aromatic heterocycles. The molecule has 3 heterocycles. The second kappa shape index (κ2) is 7.89. The van der Waals surface area contributed by atoms with Crippen LogP contribution in [0.4, 0.5) is 4.79 Å². The highest BCUT2D eigenvalue weighted by atomic mass is 32.2. The van der Waals surface area contributed by atoms with Crippen molar-refractivity contribution in [2.24, 2.45) is 0 Å². The van der Waals surface area contributed by atoms with Crippen LogP contribution in [0.3, 0.4) is 0 Å². The van der Waals surface area contributed by atoms with E-state index in [1.807, 2.05) is 18.2 Å². The first-order valence-corrected chi connectivity index (χ1v) is 8.72. The fraction of sp³-hybridized carbons (Fsp3) is 0.235. The molecule has 0 saturated heterocycles. The fourth-order valence-electron chi connectivity index (χ4n) is 2.43. The summed E-state index contributed by atoms with van der Waals surface area (Å²) in [5, 5.41) is 6.21. The van der Waals surface area contributed by atoms with E-state index in [-0.39, 0.29) is 6.61 Å². The smallest absolute Gasteiger partial charge is 0.338 e. The number of rotatable bonds is 6. The van der Waals surface area contributed by atoms with Crippen molar-refractivity contribution < 1.29 is 18.7 Å². The molecule has 1 atom stereocenters. The molecule has 2 N–H and O–H groups in total. The first-order valence-electron chi connectivity index (χ1n) is 7.74. The molecule has 2 aromatic rings. The van der Waals surface area contributed by atoms with Crippen molar-refractivity contribution in [3.8, 4) is 0 Å². The van der Waals surface area contributed by atoms with Gasteiger partial charge in [-0.05, 0) is 31.2 Å². The Labute approximate surface area is 148 Å². The number of esters is 1. The van der Waals surface area contributed by atoms with Gasteiger partial charge in [0.1, 0.15) is 11.8 Å². The summed E-state index contributed by atoms with van der Waals surface area (Å²) in [6.07, 6.45) is 3.18. The average molecular weight is 359 g/mol. The molecule has 25 heavy (non-hydrogen) atoms. The lowest BCUT2D eigenvalue weighted by molar-refractivity contribution is -0.139. The summed E-state index contributed by atoms with van der Waals surface area (Å²) in [6, 6.07) is 7.89. The van der Waals surface area contributed by atoms with Gasteiger partial charge in [-0.2, -0.15) is 0 Å². The van der Waals surface area contributed by atoms with E-state index in [9.17, 15) is 9.59 Å². The Morgan fingerprint density at radius 1 is 1.36 bits per heavy atom. The molecule has 0 aliphatic carbocycles. The number of nitrogens with zero attached hydrogens (tertiary/aromatic N) is 1. The first-order chi connectivity index (χ1) is 12.2. The number of urea groups is 1. The minimum absolute atomic E-state index is 0.238. The van der Waals surface area contributed by atoms with E-state index in [1.54, 1.807) is 25.3 Å². The third-order valence-corrected chi connectivity index (χ3v) is 4.45. The molecule has 8 heteroatoms. The molecule has 130 valence electrons. The molecule has 2 amide bonds. The van der Waals surface area contributed by atoms with Gasteiger partial charge in [0.05, 0.1) is 23.5 Å². The Balaban J connectivity index is 1.93. The second-order valence-electron chi connectivity index (χ2n) is 5.12. The Bertz CT molecular complexity index is 774. The van der Waals surface area contributed by atoms with Crippen molar-refractivity contribution in [1.82, 2.24) is 15.6 Å². The van der Waals surface area contributed by atoms with Crippen LogP contribution in [0.25, 0.3) is 0 Å². The lowest BCUT2D eigenvalue weighted by atomic mass is 10.0. The van der Waals surface area contributed by atoms with Crippen LogP contribution in [0.15, 0.2) is 63.5 Å². The van der Waals surface area contributed by atoms with Gasteiger partial charge in [0.2, 0.25) is 0 Å². The number of carbonyl (C=O) groups excluding carboxylic acids is 2. The number of nitrogens with one attached hydrogen (secondary N) is 2. The molecule has 1 unspecified atom stereocenters. The summed E-state index contributed by atoms with van der Waals surface area (Å²) in [6.45, 7) is 1.97. The topological polar surface area (TPSA) is 93.5 Å². The lowest BCUT2D eigenvalue weighted by Crippen LogP contribution is -2.46. The van der Waals surface area contributed by atoms with Gasteiger partial charge in [-0.15, -0.1) is 11.8 Å². The first kappa shape index (κ1) is 17.1. The third kappa shape index (κ3) is 4.03. The minimum Gasteiger partial charge on any atom is -0.467 e. The van der Waals surface area contributed by atoms with E-state index >= 15 is 0 Å². The molecular weight excluding hydrogens is 342 g/mol. The van der Waals surface area contributed by atoms with Gasteiger partial charge >= 0.3 is 12.0 Å². The maximum absolute atomic E-state index is 12.5. The molecule has 0 saturated carbocycles. The van der Waals surface area contributed by atoms with Crippen molar-refractivity contribution in [3.05, 3.63) is 59.8 Å². The number of amides is 2. The van der Waals surface area contributed by atoms with E-state index < -0.39 is 18.0 Å². The summed E-state index contributed by atoms with van der Waals surface area (Å²) < 4.78 is 10.6. The van der Waals surface area contributed by atoms with Crippen molar-refractivity contribution >= 4 is 23.8 Å². The summed E-state index contributed by atoms with van der Waals surface area (Å²) in [5.41, 5.74) is 0.819. The Hall–Kier alpha value is -2.74. The number of hydrogen-bond acceptors (Lipinski definition) is 6. The number of carbonyl (C=O) groups is 2. The average Bonchev–Trinajstić information content (AvgIpc) is 3.15. The van der Waals surface area contributed by atoms with E-state index in [0.29, 0.717) is 22.8 Å². The molecule has 0 spiro atoms.